The number of rotatable bonds is 4. The molecular weight excluding hydrogens is 182 g/mol. The molecule has 78 valence electrons. The first-order chi connectivity index (χ1) is 6.61. The van der Waals surface area contributed by atoms with Crippen LogP contribution < -0.4 is 0 Å². The summed E-state index contributed by atoms with van der Waals surface area (Å²) in [5, 5.41) is 17.0. The summed E-state index contributed by atoms with van der Waals surface area (Å²) in [7, 11) is 0. The average molecular weight is 197 g/mol. The molecule has 0 fully saturated rings. The van der Waals surface area contributed by atoms with Crippen LogP contribution in [0.15, 0.2) is 0 Å². The Balaban J connectivity index is 3.08. The van der Waals surface area contributed by atoms with Crippen LogP contribution in [0.3, 0.4) is 0 Å². The highest BCUT2D eigenvalue weighted by Gasteiger charge is 2.18. The van der Waals surface area contributed by atoms with Gasteiger partial charge in [-0.1, -0.05) is 12.1 Å². The number of carbonyl (C=O) groups excluding carboxylic acids is 1. The van der Waals surface area contributed by atoms with Gasteiger partial charge in [0.15, 0.2) is 6.29 Å². The van der Waals surface area contributed by atoms with Crippen molar-refractivity contribution in [2.45, 2.75) is 39.3 Å². The van der Waals surface area contributed by atoms with E-state index in [9.17, 15) is 9.90 Å². The SMILES string of the molecule is CCc1c(C=O)nnn1C(C)C(C)O. The van der Waals surface area contributed by atoms with E-state index >= 15 is 0 Å². The number of nitrogens with zero attached hydrogens (tertiary/aromatic N) is 3. The van der Waals surface area contributed by atoms with Gasteiger partial charge in [-0.3, -0.25) is 4.79 Å². The lowest BCUT2D eigenvalue weighted by Gasteiger charge is -2.16. The second-order valence-corrected chi connectivity index (χ2v) is 3.32. The van der Waals surface area contributed by atoms with Gasteiger partial charge in [0.25, 0.3) is 0 Å². The Morgan fingerprint density at radius 2 is 2.21 bits per heavy atom. The zero-order valence-electron chi connectivity index (χ0n) is 8.64. The molecule has 0 saturated heterocycles. The topological polar surface area (TPSA) is 68.0 Å². The van der Waals surface area contributed by atoms with Gasteiger partial charge in [0.1, 0.15) is 5.69 Å². The third-order valence-electron chi connectivity index (χ3n) is 2.35. The fourth-order valence-corrected chi connectivity index (χ4v) is 1.29. The smallest absolute Gasteiger partial charge is 0.172 e. The van der Waals surface area contributed by atoms with Gasteiger partial charge in [-0.05, 0) is 20.3 Å². The molecule has 2 atom stereocenters. The molecule has 1 rings (SSSR count). The van der Waals surface area contributed by atoms with Crippen LogP contribution >= 0.6 is 0 Å². The number of aldehydes is 1. The Labute approximate surface area is 82.7 Å². The summed E-state index contributed by atoms with van der Waals surface area (Å²) in [5.74, 6) is 0. The van der Waals surface area contributed by atoms with Gasteiger partial charge in [0, 0.05) is 0 Å². The molecule has 0 radical (unpaired) electrons. The Bertz CT molecular complexity index is 320. The molecule has 5 heteroatoms. The lowest BCUT2D eigenvalue weighted by molar-refractivity contribution is 0.111. The van der Waals surface area contributed by atoms with Gasteiger partial charge >= 0.3 is 0 Å². The number of hydrogen-bond donors (Lipinski definition) is 1. The summed E-state index contributed by atoms with van der Waals surface area (Å²) >= 11 is 0. The van der Waals surface area contributed by atoms with Crippen LogP contribution in [0.2, 0.25) is 0 Å². The molecule has 1 aromatic heterocycles. The molecule has 0 saturated carbocycles. The van der Waals surface area contributed by atoms with E-state index in [1.807, 2.05) is 13.8 Å². The van der Waals surface area contributed by atoms with Gasteiger partial charge in [-0.25, -0.2) is 4.68 Å². The minimum Gasteiger partial charge on any atom is -0.391 e. The van der Waals surface area contributed by atoms with E-state index in [0.717, 1.165) is 5.69 Å². The van der Waals surface area contributed by atoms with Crippen LogP contribution in [-0.4, -0.2) is 32.5 Å². The molecule has 0 aliphatic heterocycles. The van der Waals surface area contributed by atoms with Crippen molar-refractivity contribution in [1.29, 1.82) is 0 Å². The van der Waals surface area contributed by atoms with Crippen molar-refractivity contribution in [1.82, 2.24) is 15.0 Å². The van der Waals surface area contributed by atoms with Crippen LogP contribution in [-0.2, 0) is 6.42 Å². The molecule has 0 aromatic carbocycles. The third-order valence-corrected chi connectivity index (χ3v) is 2.35. The molecule has 1 aromatic rings. The Morgan fingerprint density at radius 1 is 1.57 bits per heavy atom. The molecule has 0 amide bonds. The molecule has 0 spiro atoms. The minimum absolute atomic E-state index is 0.161. The van der Waals surface area contributed by atoms with Gasteiger partial charge in [0.05, 0.1) is 17.8 Å². The Morgan fingerprint density at radius 3 is 2.64 bits per heavy atom. The highest BCUT2D eigenvalue weighted by Crippen LogP contribution is 2.14. The van der Waals surface area contributed by atoms with Crippen molar-refractivity contribution in [2.75, 3.05) is 0 Å². The largest absolute Gasteiger partial charge is 0.391 e. The molecule has 14 heavy (non-hydrogen) atoms. The normalized spacial score (nSPS) is 15.1. The number of aromatic nitrogens is 3. The molecule has 2 unspecified atom stereocenters. The predicted octanol–water partition coefficient (Wildman–Crippen LogP) is 0.595. The Hall–Kier alpha value is -1.23. The third kappa shape index (κ3) is 1.82. The van der Waals surface area contributed by atoms with Gasteiger partial charge in [-0.15, -0.1) is 5.10 Å². The van der Waals surface area contributed by atoms with E-state index in [-0.39, 0.29) is 6.04 Å². The van der Waals surface area contributed by atoms with Crippen LogP contribution in [0.1, 0.15) is 43.0 Å². The molecule has 1 heterocycles. The van der Waals surface area contributed by atoms with Crippen LogP contribution in [0.25, 0.3) is 0 Å². The summed E-state index contributed by atoms with van der Waals surface area (Å²) in [4.78, 5) is 10.6. The molecule has 0 aliphatic carbocycles. The van der Waals surface area contributed by atoms with Crippen molar-refractivity contribution < 1.29 is 9.90 Å². The zero-order valence-corrected chi connectivity index (χ0v) is 8.64. The van der Waals surface area contributed by atoms with E-state index in [0.29, 0.717) is 18.4 Å². The van der Waals surface area contributed by atoms with Crippen LogP contribution in [0, 0.1) is 0 Å². The predicted molar refractivity (Wildman–Crippen MR) is 51.2 cm³/mol. The summed E-state index contributed by atoms with van der Waals surface area (Å²) in [6.07, 6.45) is 0.858. The first-order valence-corrected chi connectivity index (χ1v) is 4.69. The lowest BCUT2D eigenvalue weighted by Crippen LogP contribution is -2.21. The second-order valence-electron chi connectivity index (χ2n) is 3.32. The first kappa shape index (κ1) is 10.8. The maximum absolute atomic E-state index is 10.6. The summed E-state index contributed by atoms with van der Waals surface area (Å²) in [5.41, 5.74) is 1.13. The highest BCUT2D eigenvalue weighted by atomic mass is 16.3. The maximum Gasteiger partial charge on any atom is 0.172 e. The van der Waals surface area contributed by atoms with E-state index in [2.05, 4.69) is 10.3 Å². The van der Waals surface area contributed by atoms with E-state index in [4.69, 9.17) is 0 Å². The zero-order chi connectivity index (χ0) is 10.7. The molecule has 0 aliphatic rings. The Kier molecular flexibility index (Phi) is 3.35. The number of hydrogen-bond acceptors (Lipinski definition) is 4. The molecule has 5 nitrogen and oxygen atoms in total. The average Bonchev–Trinajstić information content (AvgIpc) is 2.58. The van der Waals surface area contributed by atoms with Crippen molar-refractivity contribution in [2.24, 2.45) is 0 Å². The fourth-order valence-electron chi connectivity index (χ4n) is 1.29. The standard InChI is InChI=1S/C9H15N3O2/c1-4-9-8(5-13)10-11-12(9)6(2)7(3)14/h5-7,14H,4H2,1-3H3. The summed E-state index contributed by atoms with van der Waals surface area (Å²) in [6.45, 7) is 5.45. The summed E-state index contributed by atoms with van der Waals surface area (Å²) in [6, 6.07) is -0.161. The van der Waals surface area contributed by atoms with Gasteiger partial charge in [0.2, 0.25) is 0 Å². The van der Waals surface area contributed by atoms with Crippen LogP contribution in [0.5, 0.6) is 0 Å². The fraction of sp³-hybridized carbons (Fsp3) is 0.667. The monoisotopic (exact) mass is 197 g/mol. The minimum atomic E-state index is -0.512. The number of aliphatic hydroxyl groups is 1. The van der Waals surface area contributed by atoms with Gasteiger partial charge in [-0.2, -0.15) is 0 Å². The molecular formula is C9H15N3O2. The van der Waals surface area contributed by atoms with Crippen LogP contribution in [0.4, 0.5) is 0 Å². The lowest BCUT2D eigenvalue weighted by atomic mass is 10.2. The van der Waals surface area contributed by atoms with Gasteiger partial charge < -0.3 is 5.11 Å². The number of carbonyl (C=O) groups is 1. The first-order valence-electron chi connectivity index (χ1n) is 4.69. The highest BCUT2D eigenvalue weighted by molar-refractivity contribution is 5.73. The van der Waals surface area contributed by atoms with E-state index < -0.39 is 6.10 Å². The van der Waals surface area contributed by atoms with E-state index in [1.165, 1.54) is 0 Å². The maximum atomic E-state index is 10.6. The van der Waals surface area contributed by atoms with Crippen molar-refractivity contribution in [3.63, 3.8) is 0 Å². The van der Waals surface area contributed by atoms with E-state index in [1.54, 1.807) is 11.6 Å². The molecule has 1 N–H and O–H groups in total. The van der Waals surface area contributed by atoms with Crippen molar-refractivity contribution in [3.05, 3.63) is 11.4 Å². The number of aliphatic hydroxyl groups excluding tert-OH is 1. The quantitative estimate of drug-likeness (QED) is 0.717. The molecule has 0 bridgehead atoms. The summed E-state index contributed by atoms with van der Waals surface area (Å²) < 4.78 is 1.61. The second kappa shape index (κ2) is 4.32. The van der Waals surface area contributed by atoms with Crippen molar-refractivity contribution in [3.8, 4) is 0 Å². The van der Waals surface area contributed by atoms with Crippen molar-refractivity contribution >= 4 is 6.29 Å².